The Balaban J connectivity index is 2.46. The quantitative estimate of drug-likeness (QED) is 0.349. The lowest BCUT2D eigenvalue weighted by Gasteiger charge is -2.11. The summed E-state index contributed by atoms with van der Waals surface area (Å²) in [7, 11) is 0. The molecule has 0 aromatic heterocycles. The highest BCUT2D eigenvalue weighted by Gasteiger charge is 2.36. The molecule has 0 heterocycles. The molecular weight excluding hydrogens is 267 g/mol. The molecule has 2 nitrogen and oxygen atoms in total. The minimum atomic E-state index is -4.56. The van der Waals surface area contributed by atoms with Crippen molar-refractivity contribution in [1.82, 2.24) is 0 Å². The molecule has 0 amide bonds. The molecule has 0 saturated carbocycles. The number of alkyl halides is 3. The number of nitrogens with zero attached hydrogens (tertiary/aromatic N) is 1. The second-order valence-electron chi connectivity index (χ2n) is 4.38. The number of benzene rings is 2. The van der Waals surface area contributed by atoms with Crippen molar-refractivity contribution in [2.45, 2.75) is 13.1 Å². The van der Waals surface area contributed by atoms with Crippen molar-refractivity contribution in [3.63, 3.8) is 0 Å². The van der Waals surface area contributed by atoms with E-state index in [0.717, 1.165) is 23.9 Å². The molecule has 0 aliphatic heterocycles. The van der Waals surface area contributed by atoms with Gasteiger partial charge in [-0.3, -0.25) is 0 Å². The van der Waals surface area contributed by atoms with Crippen molar-refractivity contribution in [3.8, 4) is 0 Å². The lowest BCUT2D eigenvalue weighted by Crippen LogP contribution is -2.10. The van der Waals surface area contributed by atoms with Crippen LogP contribution in [0, 0.1) is 12.1 Å². The number of para-hydroxylation sites is 1. The minimum absolute atomic E-state index is 0.248. The van der Waals surface area contributed by atoms with E-state index < -0.39 is 17.4 Å². The molecule has 0 radical (unpaired) electrons. The van der Waals surface area contributed by atoms with Gasteiger partial charge in [0.05, 0.1) is 0 Å². The highest BCUT2D eigenvalue weighted by atomic mass is 19.4. The normalized spacial score (nSPS) is 12.5. The zero-order valence-corrected chi connectivity index (χ0v) is 10.7. The van der Waals surface area contributed by atoms with E-state index in [-0.39, 0.29) is 4.74 Å². The molecular formula is C15H12F3NO. The Morgan fingerprint density at radius 1 is 1.05 bits per heavy atom. The third kappa shape index (κ3) is 3.17. The van der Waals surface area contributed by atoms with Crippen LogP contribution in [0.1, 0.15) is 16.7 Å². The molecule has 104 valence electrons. The van der Waals surface area contributed by atoms with E-state index in [0.29, 0.717) is 5.56 Å². The van der Waals surface area contributed by atoms with Gasteiger partial charge in [0.15, 0.2) is 6.21 Å². The molecule has 2 rings (SSSR count). The van der Waals surface area contributed by atoms with Gasteiger partial charge in [-0.1, -0.05) is 29.8 Å². The fraction of sp³-hybridized carbons (Fsp3) is 0.133. The smallest absolute Gasteiger partial charge is 0.422 e. The Hall–Kier alpha value is -2.30. The zero-order chi connectivity index (χ0) is 14.8. The Kier molecular flexibility index (Phi) is 3.79. The highest BCUT2D eigenvalue weighted by molar-refractivity contribution is 5.77. The summed E-state index contributed by atoms with van der Waals surface area (Å²) < 4.78 is 38.7. The number of aryl methyl sites for hydroxylation is 1. The molecule has 0 aliphatic rings. The van der Waals surface area contributed by atoms with Gasteiger partial charge in [0.1, 0.15) is 5.56 Å². The van der Waals surface area contributed by atoms with Crippen LogP contribution in [0.15, 0.2) is 48.5 Å². The third-order valence-corrected chi connectivity index (χ3v) is 2.76. The Bertz CT molecular complexity index is 648. The van der Waals surface area contributed by atoms with Crippen LogP contribution in [0.5, 0.6) is 0 Å². The summed E-state index contributed by atoms with van der Waals surface area (Å²) in [6, 6.07) is 11.7. The second kappa shape index (κ2) is 5.36. The van der Waals surface area contributed by atoms with Crippen LogP contribution in [0.4, 0.5) is 18.9 Å². The van der Waals surface area contributed by atoms with Crippen LogP contribution in [0.3, 0.4) is 0 Å². The predicted octanol–water partition coefficient (Wildman–Crippen LogP) is 4.27. The Morgan fingerprint density at radius 3 is 2.40 bits per heavy atom. The molecule has 2 aromatic rings. The lowest BCUT2D eigenvalue weighted by atomic mass is 10.1. The average Bonchev–Trinajstić information content (AvgIpc) is 2.37. The van der Waals surface area contributed by atoms with Crippen molar-refractivity contribution in [2.75, 3.05) is 0 Å². The lowest BCUT2D eigenvalue weighted by molar-refractivity contribution is -0.358. The summed E-state index contributed by atoms with van der Waals surface area (Å²) in [5.41, 5.74) is 0.119. The molecule has 0 spiro atoms. The van der Waals surface area contributed by atoms with Crippen molar-refractivity contribution in [3.05, 3.63) is 70.4 Å². The van der Waals surface area contributed by atoms with Gasteiger partial charge in [-0.05, 0) is 25.1 Å². The first kappa shape index (κ1) is 14.1. The maximum atomic E-state index is 12.8. The van der Waals surface area contributed by atoms with Gasteiger partial charge in [-0.2, -0.15) is 17.9 Å². The standard InChI is InChI=1S/C15H12F3NO/c1-11-5-4-6-12(9-11)10-19(20)14-8-3-2-7-13(14)15(16,17)18/h2-10H,1H3. The summed E-state index contributed by atoms with van der Waals surface area (Å²) in [6.45, 7) is 1.84. The molecule has 0 fully saturated rings. The third-order valence-electron chi connectivity index (χ3n) is 2.76. The van der Waals surface area contributed by atoms with Gasteiger partial charge in [-0.15, -0.1) is 0 Å². The van der Waals surface area contributed by atoms with Crippen LogP contribution >= 0.6 is 0 Å². The van der Waals surface area contributed by atoms with Crippen molar-refractivity contribution in [1.29, 1.82) is 0 Å². The summed E-state index contributed by atoms with van der Waals surface area (Å²) in [4.78, 5) is 0. The molecule has 0 saturated heterocycles. The maximum absolute atomic E-state index is 12.8. The molecule has 20 heavy (non-hydrogen) atoms. The van der Waals surface area contributed by atoms with Gasteiger partial charge < -0.3 is 5.21 Å². The molecule has 2 aromatic carbocycles. The molecule has 0 atom stereocenters. The molecule has 0 N–H and O–H groups in total. The zero-order valence-electron chi connectivity index (χ0n) is 10.7. The molecule has 0 aliphatic carbocycles. The van der Waals surface area contributed by atoms with Crippen LogP contribution < -0.4 is 0 Å². The number of hydrogen-bond acceptors (Lipinski definition) is 1. The highest BCUT2D eigenvalue weighted by Crippen LogP contribution is 2.35. The van der Waals surface area contributed by atoms with E-state index in [9.17, 15) is 18.4 Å². The topological polar surface area (TPSA) is 26.1 Å². The summed E-state index contributed by atoms with van der Waals surface area (Å²) in [6.07, 6.45) is -3.42. The van der Waals surface area contributed by atoms with Gasteiger partial charge in [0, 0.05) is 11.6 Å². The monoisotopic (exact) mass is 279 g/mol. The second-order valence-corrected chi connectivity index (χ2v) is 4.38. The number of rotatable bonds is 2. The summed E-state index contributed by atoms with van der Waals surface area (Å²) in [5, 5.41) is 12.0. The first-order valence-electron chi connectivity index (χ1n) is 5.92. The van der Waals surface area contributed by atoms with Crippen molar-refractivity contribution < 1.29 is 17.9 Å². The first-order valence-corrected chi connectivity index (χ1v) is 5.92. The van der Waals surface area contributed by atoms with E-state index in [1.807, 2.05) is 13.0 Å². The first-order chi connectivity index (χ1) is 9.38. The van der Waals surface area contributed by atoms with E-state index in [1.165, 1.54) is 12.1 Å². The van der Waals surface area contributed by atoms with E-state index in [1.54, 1.807) is 18.2 Å². The summed E-state index contributed by atoms with van der Waals surface area (Å²) in [5.74, 6) is 0. The van der Waals surface area contributed by atoms with Crippen LogP contribution in [-0.2, 0) is 6.18 Å². The SMILES string of the molecule is Cc1cccc(C=[N+]([O-])c2ccccc2C(F)(F)F)c1. The van der Waals surface area contributed by atoms with E-state index in [2.05, 4.69) is 0 Å². The van der Waals surface area contributed by atoms with Crippen LogP contribution in [0.25, 0.3) is 0 Å². The van der Waals surface area contributed by atoms with Gasteiger partial charge >= 0.3 is 6.18 Å². The predicted molar refractivity (Wildman–Crippen MR) is 71.1 cm³/mol. The molecule has 0 unspecified atom stereocenters. The van der Waals surface area contributed by atoms with E-state index in [4.69, 9.17) is 0 Å². The van der Waals surface area contributed by atoms with Crippen LogP contribution in [0.2, 0.25) is 0 Å². The Labute approximate surface area is 114 Å². The fourth-order valence-electron chi connectivity index (χ4n) is 1.86. The number of hydrogen-bond donors (Lipinski definition) is 0. The molecule has 0 bridgehead atoms. The summed E-state index contributed by atoms with van der Waals surface area (Å²) >= 11 is 0. The fourth-order valence-corrected chi connectivity index (χ4v) is 1.86. The van der Waals surface area contributed by atoms with E-state index >= 15 is 0 Å². The minimum Gasteiger partial charge on any atom is -0.618 e. The number of halogens is 3. The van der Waals surface area contributed by atoms with Crippen molar-refractivity contribution >= 4 is 11.9 Å². The van der Waals surface area contributed by atoms with Crippen LogP contribution in [-0.4, -0.2) is 11.0 Å². The largest absolute Gasteiger partial charge is 0.618 e. The van der Waals surface area contributed by atoms with Gasteiger partial charge in [0.2, 0.25) is 5.69 Å². The van der Waals surface area contributed by atoms with Gasteiger partial charge in [-0.25, -0.2) is 0 Å². The molecule has 5 heteroatoms. The Morgan fingerprint density at radius 2 is 1.75 bits per heavy atom. The average molecular weight is 279 g/mol. The maximum Gasteiger partial charge on any atom is 0.422 e. The van der Waals surface area contributed by atoms with Crippen molar-refractivity contribution in [2.24, 2.45) is 0 Å². The van der Waals surface area contributed by atoms with Gasteiger partial charge in [0.25, 0.3) is 0 Å².